The lowest BCUT2D eigenvalue weighted by Crippen LogP contribution is -2.47. The molecule has 2 saturated carbocycles. The Kier molecular flexibility index (Phi) is 6.76. The molecule has 0 aromatic rings. The minimum absolute atomic E-state index is 0.00288. The highest BCUT2D eigenvalue weighted by molar-refractivity contribution is 5.78. The van der Waals surface area contributed by atoms with Gasteiger partial charge in [0, 0.05) is 18.3 Å². The van der Waals surface area contributed by atoms with E-state index >= 15 is 0 Å². The van der Waals surface area contributed by atoms with Crippen molar-refractivity contribution in [3.8, 4) is 0 Å². The number of ether oxygens (including phenoxy) is 3. The van der Waals surface area contributed by atoms with Gasteiger partial charge in [-0.05, 0) is 57.3 Å². The number of carbonyl (C=O) groups excluding carboxylic acids is 3. The van der Waals surface area contributed by atoms with E-state index in [4.69, 9.17) is 14.2 Å². The molecule has 0 radical (unpaired) electrons. The van der Waals surface area contributed by atoms with Crippen LogP contribution in [0.3, 0.4) is 0 Å². The average molecular weight is 465 g/mol. The predicted octanol–water partition coefficient (Wildman–Crippen LogP) is 5.46. The van der Waals surface area contributed by atoms with Crippen LogP contribution in [0.4, 0.5) is 0 Å². The Morgan fingerprint density at radius 3 is 2.24 bits per heavy atom. The lowest BCUT2D eigenvalue weighted by Gasteiger charge is -2.45. The van der Waals surface area contributed by atoms with Crippen molar-refractivity contribution in [2.45, 2.75) is 119 Å². The van der Waals surface area contributed by atoms with Crippen LogP contribution in [0, 0.1) is 34.0 Å². The van der Waals surface area contributed by atoms with Gasteiger partial charge in [0.25, 0.3) is 0 Å². The van der Waals surface area contributed by atoms with Gasteiger partial charge in [-0.1, -0.05) is 48.0 Å². The zero-order valence-corrected chi connectivity index (χ0v) is 22.1. The van der Waals surface area contributed by atoms with E-state index in [-0.39, 0.29) is 65.1 Å². The third-order valence-electron chi connectivity index (χ3n) is 8.88. The highest BCUT2D eigenvalue weighted by atomic mass is 16.6. The number of carbonyl (C=O) groups is 3. The first kappa shape index (κ1) is 26.0. The van der Waals surface area contributed by atoms with E-state index in [1.54, 1.807) is 0 Å². The molecule has 1 heterocycles. The molecule has 2 aliphatic carbocycles. The predicted molar refractivity (Wildman–Crippen MR) is 125 cm³/mol. The highest BCUT2D eigenvalue weighted by Gasteiger charge is 2.63. The van der Waals surface area contributed by atoms with E-state index in [9.17, 15) is 14.4 Å². The van der Waals surface area contributed by atoms with Crippen molar-refractivity contribution in [2.24, 2.45) is 34.0 Å². The molecule has 3 fully saturated rings. The van der Waals surface area contributed by atoms with E-state index in [2.05, 4.69) is 41.5 Å². The summed E-state index contributed by atoms with van der Waals surface area (Å²) in [5.74, 6) is -0.232. The molecule has 0 amide bonds. The van der Waals surface area contributed by atoms with Crippen LogP contribution in [0.2, 0.25) is 0 Å². The first-order chi connectivity index (χ1) is 15.0. The van der Waals surface area contributed by atoms with Crippen molar-refractivity contribution in [1.29, 1.82) is 0 Å². The molecular weight excluding hydrogens is 420 g/mol. The maximum atomic E-state index is 13.5. The summed E-state index contributed by atoms with van der Waals surface area (Å²) in [4.78, 5) is 38.0. The topological polar surface area (TPSA) is 78.9 Å². The number of esters is 3. The summed E-state index contributed by atoms with van der Waals surface area (Å²) >= 11 is 0. The van der Waals surface area contributed by atoms with Crippen molar-refractivity contribution >= 4 is 17.9 Å². The zero-order valence-electron chi connectivity index (χ0n) is 22.1. The van der Waals surface area contributed by atoms with E-state index < -0.39 is 11.0 Å². The van der Waals surface area contributed by atoms with Crippen molar-refractivity contribution in [2.75, 3.05) is 0 Å². The Labute approximate surface area is 199 Å². The SMILES string of the molecule is CCC(C)(C)CC(C)(C(=O)OC(C)(C)CCC(=O)OC1C2CC3C(=O)OC1C3C2)C(C)(C)C. The van der Waals surface area contributed by atoms with Crippen LogP contribution in [0.5, 0.6) is 0 Å². The van der Waals surface area contributed by atoms with Crippen molar-refractivity contribution < 1.29 is 28.6 Å². The van der Waals surface area contributed by atoms with Gasteiger partial charge in [0.1, 0.15) is 17.8 Å². The van der Waals surface area contributed by atoms with Gasteiger partial charge in [-0.2, -0.15) is 0 Å². The van der Waals surface area contributed by atoms with Gasteiger partial charge in [-0.3, -0.25) is 14.4 Å². The monoisotopic (exact) mass is 464 g/mol. The molecule has 6 atom stereocenters. The molecule has 0 aromatic heterocycles. The van der Waals surface area contributed by atoms with E-state index in [1.807, 2.05) is 20.8 Å². The number of hydrogen-bond donors (Lipinski definition) is 0. The minimum atomic E-state index is -0.793. The summed E-state index contributed by atoms with van der Waals surface area (Å²) in [6, 6.07) is 0. The molecule has 6 unspecified atom stereocenters. The van der Waals surface area contributed by atoms with Crippen LogP contribution in [0.1, 0.15) is 101 Å². The first-order valence-electron chi connectivity index (χ1n) is 12.6. The number of rotatable bonds is 9. The molecule has 0 aromatic carbocycles. The summed E-state index contributed by atoms with van der Waals surface area (Å²) in [6.07, 6.45) is 3.31. The summed E-state index contributed by atoms with van der Waals surface area (Å²) < 4.78 is 17.3. The van der Waals surface area contributed by atoms with Crippen LogP contribution in [0.25, 0.3) is 0 Å². The molecule has 0 N–H and O–H groups in total. The van der Waals surface area contributed by atoms with Crippen molar-refractivity contribution in [3.63, 3.8) is 0 Å². The van der Waals surface area contributed by atoms with Crippen LogP contribution < -0.4 is 0 Å². The van der Waals surface area contributed by atoms with Crippen LogP contribution >= 0.6 is 0 Å². The van der Waals surface area contributed by atoms with Crippen LogP contribution in [-0.2, 0) is 28.6 Å². The summed E-state index contributed by atoms with van der Waals surface area (Å²) in [7, 11) is 0. The maximum Gasteiger partial charge on any atom is 0.312 e. The van der Waals surface area contributed by atoms with Crippen LogP contribution in [-0.4, -0.2) is 35.7 Å². The van der Waals surface area contributed by atoms with Gasteiger partial charge in [0.2, 0.25) is 0 Å². The van der Waals surface area contributed by atoms with E-state index in [0.29, 0.717) is 6.42 Å². The van der Waals surface area contributed by atoms with Gasteiger partial charge in [-0.15, -0.1) is 0 Å². The van der Waals surface area contributed by atoms with Crippen molar-refractivity contribution in [3.05, 3.63) is 0 Å². The van der Waals surface area contributed by atoms with E-state index in [1.165, 1.54) is 0 Å². The molecule has 3 rings (SSSR count). The second-order valence-corrected chi connectivity index (χ2v) is 13.3. The summed E-state index contributed by atoms with van der Waals surface area (Å²) in [6.45, 7) is 18.5. The number of hydrogen-bond acceptors (Lipinski definition) is 6. The maximum absolute atomic E-state index is 13.5. The number of fused-ring (bicyclic) bond motifs is 1. The lowest BCUT2D eigenvalue weighted by molar-refractivity contribution is -0.180. The normalized spacial score (nSPS) is 30.7. The quantitative estimate of drug-likeness (QED) is 0.333. The molecule has 3 aliphatic rings. The summed E-state index contributed by atoms with van der Waals surface area (Å²) in [5, 5.41) is 0. The Hall–Kier alpha value is -1.59. The highest BCUT2D eigenvalue weighted by Crippen LogP contribution is 2.55. The first-order valence-corrected chi connectivity index (χ1v) is 12.6. The van der Waals surface area contributed by atoms with Gasteiger partial charge >= 0.3 is 17.9 Å². The van der Waals surface area contributed by atoms with Crippen LogP contribution in [0.15, 0.2) is 0 Å². The minimum Gasteiger partial charge on any atom is -0.459 e. The fourth-order valence-corrected chi connectivity index (χ4v) is 5.82. The summed E-state index contributed by atoms with van der Waals surface area (Å²) in [5.41, 5.74) is -1.71. The third kappa shape index (κ3) is 5.09. The Balaban J connectivity index is 1.57. The molecule has 1 aliphatic heterocycles. The van der Waals surface area contributed by atoms with Gasteiger partial charge in [0.05, 0.1) is 11.3 Å². The smallest absolute Gasteiger partial charge is 0.312 e. The molecule has 188 valence electrons. The molecule has 0 spiro atoms. The molecule has 1 saturated heterocycles. The zero-order chi connectivity index (χ0) is 25.0. The Morgan fingerprint density at radius 2 is 1.67 bits per heavy atom. The fourth-order valence-electron chi connectivity index (χ4n) is 5.82. The van der Waals surface area contributed by atoms with Gasteiger partial charge < -0.3 is 14.2 Å². The molecule has 6 nitrogen and oxygen atoms in total. The lowest BCUT2D eigenvalue weighted by atomic mass is 9.60. The molecule has 2 bridgehead atoms. The van der Waals surface area contributed by atoms with Gasteiger partial charge in [0.15, 0.2) is 0 Å². The molecule has 33 heavy (non-hydrogen) atoms. The molecule has 6 heteroatoms. The average Bonchev–Trinajstić information content (AvgIpc) is 3.30. The van der Waals surface area contributed by atoms with Crippen molar-refractivity contribution in [1.82, 2.24) is 0 Å². The van der Waals surface area contributed by atoms with Gasteiger partial charge in [-0.25, -0.2) is 0 Å². The standard InChI is InChI=1S/C27H44O6/c1-10-25(5,6)15-27(9,24(2,3)4)23(30)33-26(7,8)12-11-19(28)31-20-16-13-17-18(14-16)22(29)32-21(17)20/h16-18,20-21H,10-15H2,1-9H3. The third-order valence-corrected chi connectivity index (χ3v) is 8.88. The Bertz CT molecular complexity index is 791. The Morgan fingerprint density at radius 1 is 1.03 bits per heavy atom. The second-order valence-electron chi connectivity index (χ2n) is 13.3. The molecular formula is C27H44O6. The second kappa shape index (κ2) is 8.57. The fraction of sp³-hybridized carbons (Fsp3) is 0.889. The van der Waals surface area contributed by atoms with E-state index in [0.717, 1.165) is 25.7 Å². The largest absolute Gasteiger partial charge is 0.459 e.